The van der Waals surface area contributed by atoms with Crippen molar-refractivity contribution in [2.75, 3.05) is 0 Å². The minimum Gasteiger partial charge on any atom is -0.299 e. The molecular weight excluding hydrogens is 160 g/mol. The quantitative estimate of drug-likeness (QED) is 0.565. The maximum atomic E-state index is 11.9. The minimum atomic E-state index is -0.170. The number of hydrogen-bond donors (Lipinski definition) is 0. The first kappa shape index (κ1) is 10.5. The third-order valence-corrected chi connectivity index (χ3v) is 3.97. The highest BCUT2D eigenvalue weighted by Gasteiger charge is 2.38. The second-order valence-electron chi connectivity index (χ2n) is 4.52. The molecule has 0 aromatic carbocycles. The van der Waals surface area contributed by atoms with E-state index in [4.69, 9.17) is 0 Å². The van der Waals surface area contributed by atoms with Gasteiger partial charge in [0.2, 0.25) is 0 Å². The molecule has 0 aromatic rings. The van der Waals surface area contributed by atoms with E-state index in [0.29, 0.717) is 11.7 Å². The monoisotopic (exact) mass is 180 g/mol. The van der Waals surface area contributed by atoms with Crippen molar-refractivity contribution >= 4 is 5.78 Å². The van der Waals surface area contributed by atoms with Gasteiger partial charge >= 0.3 is 0 Å². The highest BCUT2D eigenvalue weighted by molar-refractivity contribution is 5.89. The van der Waals surface area contributed by atoms with Crippen molar-refractivity contribution in [2.45, 2.75) is 47.5 Å². The molecule has 0 amide bonds. The number of allylic oxidation sites excluding steroid dienone is 2. The van der Waals surface area contributed by atoms with Gasteiger partial charge in [0.1, 0.15) is 5.78 Å². The second kappa shape index (κ2) is 3.28. The Morgan fingerprint density at radius 1 is 1.46 bits per heavy atom. The maximum absolute atomic E-state index is 11.9. The molecule has 0 radical (unpaired) electrons. The zero-order valence-corrected chi connectivity index (χ0v) is 9.40. The summed E-state index contributed by atoms with van der Waals surface area (Å²) in [6, 6.07) is 0. The molecule has 2 atom stereocenters. The Labute approximate surface area is 81.2 Å². The molecular formula is C12H20O. The Morgan fingerprint density at radius 2 is 2.00 bits per heavy atom. The van der Waals surface area contributed by atoms with Gasteiger partial charge in [-0.1, -0.05) is 25.0 Å². The summed E-state index contributed by atoms with van der Waals surface area (Å²) in [6.07, 6.45) is 1.66. The van der Waals surface area contributed by atoms with E-state index in [1.54, 1.807) is 0 Å². The molecule has 0 saturated carbocycles. The van der Waals surface area contributed by atoms with Crippen molar-refractivity contribution in [3.63, 3.8) is 0 Å². The zero-order chi connectivity index (χ0) is 10.2. The summed E-state index contributed by atoms with van der Waals surface area (Å²) in [7, 11) is 0. The fourth-order valence-electron chi connectivity index (χ4n) is 2.13. The molecule has 13 heavy (non-hydrogen) atoms. The molecule has 1 heteroatoms. The van der Waals surface area contributed by atoms with Crippen LogP contribution in [0.1, 0.15) is 47.5 Å². The van der Waals surface area contributed by atoms with Crippen LogP contribution in [0.5, 0.6) is 0 Å². The lowest BCUT2D eigenvalue weighted by molar-refractivity contribution is -0.127. The van der Waals surface area contributed by atoms with Crippen molar-refractivity contribution in [3.05, 3.63) is 11.1 Å². The third kappa shape index (κ3) is 1.45. The molecule has 0 aromatic heterocycles. The summed E-state index contributed by atoms with van der Waals surface area (Å²) in [5, 5.41) is 0. The van der Waals surface area contributed by atoms with Gasteiger partial charge in [0, 0.05) is 11.8 Å². The first-order valence-corrected chi connectivity index (χ1v) is 5.14. The lowest BCUT2D eigenvalue weighted by atomic mass is 9.66. The summed E-state index contributed by atoms with van der Waals surface area (Å²) in [5.74, 6) is 0.873. The molecule has 1 rings (SSSR count). The lowest BCUT2D eigenvalue weighted by Crippen LogP contribution is -2.35. The first-order valence-electron chi connectivity index (χ1n) is 5.14. The molecule has 0 saturated heterocycles. The van der Waals surface area contributed by atoms with Crippen LogP contribution in [0.4, 0.5) is 0 Å². The van der Waals surface area contributed by atoms with Gasteiger partial charge in [0.25, 0.3) is 0 Å². The summed E-state index contributed by atoms with van der Waals surface area (Å²) in [4.78, 5) is 11.9. The van der Waals surface area contributed by atoms with E-state index in [9.17, 15) is 4.79 Å². The van der Waals surface area contributed by atoms with Crippen molar-refractivity contribution in [1.82, 2.24) is 0 Å². The van der Waals surface area contributed by atoms with Gasteiger partial charge in [-0.15, -0.1) is 0 Å². The minimum absolute atomic E-state index is 0.170. The number of ketones is 1. The van der Waals surface area contributed by atoms with E-state index in [1.807, 2.05) is 0 Å². The molecule has 2 unspecified atom stereocenters. The van der Waals surface area contributed by atoms with Gasteiger partial charge in [0.15, 0.2) is 0 Å². The third-order valence-electron chi connectivity index (χ3n) is 3.97. The van der Waals surface area contributed by atoms with Crippen LogP contribution >= 0.6 is 0 Å². The average Bonchev–Trinajstić information content (AvgIpc) is 2.11. The number of Topliss-reactive ketones (excluding diaryl/α,β-unsaturated/α-hetero) is 1. The maximum Gasteiger partial charge on any atom is 0.143 e. The van der Waals surface area contributed by atoms with Gasteiger partial charge in [-0.05, 0) is 33.1 Å². The number of rotatable bonds is 1. The topological polar surface area (TPSA) is 17.1 Å². The summed E-state index contributed by atoms with van der Waals surface area (Å²) in [5.41, 5.74) is 2.55. The summed E-state index contributed by atoms with van der Waals surface area (Å²) >= 11 is 0. The van der Waals surface area contributed by atoms with E-state index in [1.165, 1.54) is 11.1 Å². The van der Waals surface area contributed by atoms with Crippen molar-refractivity contribution in [2.24, 2.45) is 11.3 Å². The molecule has 0 fully saturated rings. The zero-order valence-electron chi connectivity index (χ0n) is 9.40. The van der Waals surface area contributed by atoms with Crippen molar-refractivity contribution in [1.29, 1.82) is 0 Å². The van der Waals surface area contributed by atoms with Crippen LogP contribution in [-0.4, -0.2) is 5.78 Å². The van der Waals surface area contributed by atoms with Gasteiger partial charge < -0.3 is 0 Å². The molecule has 74 valence electrons. The first-order chi connectivity index (χ1) is 5.93. The molecule has 0 spiro atoms. The highest BCUT2D eigenvalue weighted by Crippen LogP contribution is 2.42. The average molecular weight is 180 g/mol. The van der Waals surface area contributed by atoms with Crippen LogP contribution < -0.4 is 0 Å². The van der Waals surface area contributed by atoms with E-state index in [-0.39, 0.29) is 5.41 Å². The van der Waals surface area contributed by atoms with Gasteiger partial charge in [-0.3, -0.25) is 4.79 Å². The van der Waals surface area contributed by atoms with E-state index < -0.39 is 0 Å². The van der Waals surface area contributed by atoms with Crippen molar-refractivity contribution in [3.8, 4) is 0 Å². The fourth-order valence-corrected chi connectivity index (χ4v) is 2.13. The predicted molar refractivity (Wildman–Crippen MR) is 55.6 cm³/mol. The number of carbonyl (C=O) groups is 1. The smallest absolute Gasteiger partial charge is 0.143 e. The summed E-state index contributed by atoms with van der Waals surface area (Å²) in [6.45, 7) is 10.6. The Bertz CT molecular complexity index is 262. The van der Waals surface area contributed by atoms with Crippen LogP contribution in [0.3, 0.4) is 0 Å². The van der Waals surface area contributed by atoms with Gasteiger partial charge in [-0.25, -0.2) is 0 Å². The lowest BCUT2D eigenvalue weighted by Gasteiger charge is -2.36. The standard InChI is InChI=1S/C12H20O/c1-6-12(5)10(4)9(3)8(2)7-11(12)13/h8H,6-7H2,1-5H3. The summed E-state index contributed by atoms with van der Waals surface area (Å²) < 4.78 is 0. The van der Waals surface area contributed by atoms with E-state index >= 15 is 0 Å². The van der Waals surface area contributed by atoms with Crippen LogP contribution in [0.25, 0.3) is 0 Å². The van der Waals surface area contributed by atoms with E-state index in [0.717, 1.165) is 12.8 Å². The molecule has 0 bridgehead atoms. The van der Waals surface area contributed by atoms with E-state index in [2.05, 4.69) is 34.6 Å². The number of hydrogen-bond acceptors (Lipinski definition) is 1. The predicted octanol–water partition coefficient (Wildman–Crippen LogP) is 3.35. The fraction of sp³-hybridized carbons (Fsp3) is 0.750. The van der Waals surface area contributed by atoms with Gasteiger partial charge in [-0.2, -0.15) is 0 Å². The highest BCUT2D eigenvalue weighted by atomic mass is 16.1. The molecule has 0 N–H and O–H groups in total. The van der Waals surface area contributed by atoms with Crippen LogP contribution in [0.15, 0.2) is 11.1 Å². The molecule has 0 heterocycles. The van der Waals surface area contributed by atoms with Crippen molar-refractivity contribution < 1.29 is 4.79 Å². The van der Waals surface area contributed by atoms with Crippen LogP contribution in [0.2, 0.25) is 0 Å². The normalized spacial score (nSPS) is 35.5. The van der Waals surface area contributed by atoms with Crippen LogP contribution in [0, 0.1) is 11.3 Å². The number of carbonyl (C=O) groups excluding carboxylic acids is 1. The molecule has 1 aliphatic rings. The second-order valence-corrected chi connectivity index (χ2v) is 4.52. The van der Waals surface area contributed by atoms with Crippen LogP contribution in [-0.2, 0) is 4.79 Å². The van der Waals surface area contributed by atoms with Gasteiger partial charge in [0.05, 0.1) is 0 Å². The SMILES string of the molecule is CCC1(C)C(=O)CC(C)C(C)=C1C. The molecule has 1 aliphatic carbocycles. The Morgan fingerprint density at radius 3 is 2.46 bits per heavy atom. The molecule has 1 nitrogen and oxygen atoms in total. The Balaban J connectivity index is 3.17. The Kier molecular flexibility index (Phi) is 2.65. The largest absolute Gasteiger partial charge is 0.299 e. The Hall–Kier alpha value is -0.590. The molecule has 0 aliphatic heterocycles.